The molecule has 1 aromatic rings. The monoisotopic (exact) mass is 254 g/mol. The van der Waals surface area contributed by atoms with Gasteiger partial charge in [0.2, 0.25) is 0 Å². The highest BCUT2D eigenvalue weighted by Crippen LogP contribution is 2.09. The highest BCUT2D eigenvalue weighted by Gasteiger charge is 1.90. The molecule has 0 fully saturated rings. The summed E-state index contributed by atoms with van der Waals surface area (Å²) in [6.07, 6.45) is 0. The smallest absolute Gasteiger partial charge is 0.126 e. The van der Waals surface area contributed by atoms with Crippen LogP contribution in [0.25, 0.3) is 0 Å². The van der Waals surface area contributed by atoms with Crippen molar-refractivity contribution in [3.8, 4) is 5.75 Å². The van der Waals surface area contributed by atoms with Gasteiger partial charge in [0.25, 0.3) is 0 Å². The fourth-order valence-corrected chi connectivity index (χ4v) is 0.594. The largest absolute Gasteiger partial charge is 0.497 e. The maximum atomic E-state index is 12.3. The van der Waals surface area contributed by atoms with Crippen LogP contribution < -0.4 is 4.74 Å². The van der Waals surface area contributed by atoms with E-state index in [2.05, 4.69) is 0 Å². The molecule has 0 aliphatic heterocycles. The number of methoxy groups -OCH3 is 1. The molecular weight excluding hydrogens is 246 g/mol. The van der Waals surface area contributed by atoms with Gasteiger partial charge < -0.3 is 4.74 Å². The molecule has 0 spiro atoms. The Balaban J connectivity index is 0.000000810. The van der Waals surface area contributed by atoms with E-state index in [-0.39, 0.29) is 29.8 Å². The summed E-state index contributed by atoms with van der Waals surface area (Å²) in [5.74, 6) is 0.282. The molecule has 0 amide bonds. The number of benzene rings is 1. The lowest BCUT2D eigenvalue weighted by Gasteiger charge is -1.95. The first-order chi connectivity index (χ1) is 4.33. The quantitative estimate of drug-likeness (QED) is 0.699. The fourth-order valence-electron chi connectivity index (χ4n) is 0.594. The van der Waals surface area contributed by atoms with Crippen molar-refractivity contribution in [3.63, 3.8) is 0 Å². The van der Waals surface area contributed by atoms with E-state index < -0.39 is 0 Å². The lowest BCUT2D eigenvalue weighted by atomic mass is 10.3. The Hall–Kier alpha value is -0.320. The third-order valence-corrected chi connectivity index (χ3v) is 1.03. The minimum Gasteiger partial charge on any atom is -0.497 e. The van der Waals surface area contributed by atoms with Crippen LogP contribution in [0.5, 0.6) is 5.75 Å². The van der Waals surface area contributed by atoms with Gasteiger partial charge in [-0.05, 0) is 12.1 Å². The van der Waals surface area contributed by atoms with Crippen molar-refractivity contribution < 1.29 is 9.13 Å². The van der Waals surface area contributed by atoms with Crippen LogP contribution in [0.2, 0.25) is 0 Å². The van der Waals surface area contributed by atoms with Crippen LogP contribution >= 0.6 is 24.0 Å². The predicted molar refractivity (Wildman–Crippen MR) is 48.4 cm³/mol. The van der Waals surface area contributed by atoms with Crippen LogP contribution in [0, 0.1) is 5.82 Å². The lowest BCUT2D eigenvalue weighted by molar-refractivity contribution is 0.411. The Kier molecular flexibility index (Phi) is 4.34. The predicted octanol–water partition coefficient (Wildman–Crippen LogP) is 2.45. The second-order valence-electron chi connectivity index (χ2n) is 1.66. The Morgan fingerprint density at radius 1 is 1.40 bits per heavy atom. The van der Waals surface area contributed by atoms with Gasteiger partial charge in [0.05, 0.1) is 7.11 Å². The van der Waals surface area contributed by atoms with Crippen LogP contribution in [0.3, 0.4) is 0 Å². The van der Waals surface area contributed by atoms with Crippen molar-refractivity contribution in [1.82, 2.24) is 0 Å². The van der Waals surface area contributed by atoms with Gasteiger partial charge in [0.15, 0.2) is 0 Å². The maximum Gasteiger partial charge on any atom is 0.126 e. The van der Waals surface area contributed by atoms with E-state index in [0.717, 1.165) is 0 Å². The lowest BCUT2D eigenvalue weighted by Crippen LogP contribution is -1.81. The molecule has 0 unspecified atom stereocenters. The Labute approximate surface area is 76.2 Å². The zero-order valence-electron chi connectivity index (χ0n) is 5.50. The molecule has 1 nitrogen and oxygen atoms in total. The van der Waals surface area contributed by atoms with E-state index in [9.17, 15) is 4.39 Å². The Morgan fingerprint density at radius 3 is 2.50 bits per heavy atom. The van der Waals surface area contributed by atoms with Gasteiger partial charge in [-0.3, -0.25) is 0 Å². The van der Waals surface area contributed by atoms with Gasteiger partial charge in [-0.25, -0.2) is 4.39 Å². The maximum absolute atomic E-state index is 12.3. The van der Waals surface area contributed by atoms with Gasteiger partial charge in [-0.1, -0.05) is 6.07 Å². The van der Waals surface area contributed by atoms with E-state index in [1.54, 1.807) is 12.1 Å². The number of rotatable bonds is 1. The van der Waals surface area contributed by atoms with E-state index in [4.69, 9.17) is 4.74 Å². The normalized spacial score (nSPS) is 8.20. The average Bonchev–Trinajstić information content (AvgIpc) is 1.88. The van der Waals surface area contributed by atoms with E-state index in [1.165, 1.54) is 19.2 Å². The van der Waals surface area contributed by atoms with Crippen LogP contribution in [-0.2, 0) is 0 Å². The summed E-state index contributed by atoms with van der Waals surface area (Å²) in [6, 6.07) is 6.01. The highest BCUT2D eigenvalue weighted by atomic mass is 127. The standard InChI is InChI=1S/C7H7FO.HI/c1-9-7-4-2-3-6(8)5-7;/h2-5H,1H3;1H. The van der Waals surface area contributed by atoms with Crippen LogP contribution in [0.4, 0.5) is 4.39 Å². The molecule has 0 aromatic heterocycles. The van der Waals surface area contributed by atoms with Gasteiger partial charge in [-0.15, -0.1) is 24.0 Å². The molecule has 0 aliphatic carbocycles. The number of hydrogen-bond donors (Lipinski definition) is 0. The number of halogens is 2. The molecule has 0 bridgehead atoms. The van der Waals surface area contributed by atoms with Crippen LogP contribution in [-0.4, -0.2) is 7.11 Å². The fraction of sp³-hybridized carbons (Fsp3) is 0.143. The summed E-state index contributed by atoms with van der Waals surface area (Å²) in [4.78, 5) is 0. The molecule has 0 heterocycles. The van der Waals surface area contributed by atoms with Crippen molar-refractivity contribution >= 4 is 24.0 Å². The molecule has 1 rings (SSSR count). The first-order valence-corrected chi connectivity index (χ1v) is 2.62. The first-order valence-electron chi connectivity index (χ1n) is 2.62. The minimum atomic E-state index is -0.269. The van der Waals surface area contributed by atoms with E-state index >= 15 is 0 Å². The molecule has 0 radical (unpaired) electrons. The summed E-state index contributed by atoms with van der Waals surface area (Å²) < 4.78 is 17.0. The third kappa shape index (κ3) is 2.51. The number of ether oxygens (including phenoxy) is 1. The van der Waals surface area contributed by atoms with Gasteiger partial charge in [-0.2, -0.15) is 0 Å². The summed E-state index contributed by atoms with van der Waals surface area (Å²) >= 11 is 0. The van der Waals surface area contributed by atoms with Crippen molar-refractivity contribution in [2.75, 3.05) is 7.11 Å². The summed E-state index contributed by atoms with van der Waals surface area (Å²) in [5.41, 5.74) is 0. The molecule has 0 atom stereocenters. The molecule has 0 N–H and O–H groups in total. The summed E-state index contributed by atoms with van der Waals surface area (Å²) in [7, 11) is 1.51. The molecule has 3 heteroatoms. The third-order valence-electron chi connectivity index (χ3n) is 1.03. The van der Waals surface area contributed by atoms with E-state index in [0.29, 0.717) is 5.75 Å². The van der Waals surface area contributed by atoms with Crippen molar-refractivity contribution in [2.24, 2.45) is 0 Å². The molecule has 0 aliphatic rings. The molecule has 10 heavy (non-hydrogen) atoms. The molecule has 56 valence electrons. The van der Waals surface area contributed by atoms with Crippen molar-refractivity contribution in [1.29, 1.82) is 0 Å². The number of hydrogen-bond acceptors (Lipinski definition) is 1. The topological polar surface area (TPSA) is 9.23 Å². The van der Waals surface area contributed by atoms with Crippen molar-refractivity contribution in [2.45, 2.75) is 0 Å². The first kappa shape index (κ1) is 9.68. The summed E-state index contributed by atoms with van der Waals surface area (Å²) in [6.45, 7) is 0. The van der Waals surface area contributed by atoms with E-state index in [1.807, 2.05) is 0 Å². The minimum absolute atomic E-state index is 0. The zero-order valence-corrected chi connectivity index (χ0v) is 7.83. The van der Waals surface area contributed by atoms with Crippen LogP contribution in [0.15, 0.2) is 24.3 Å². The van der Waals surface area contributed by atoms with Gasteiger partial charge in [0.1, 0.15) is 11.6 Å². The SMILES string of the molecule is COc1cccc(F)c1.I. The average molecular weight is 254 g/mol. The molecule has 1 aromatic carbocycles. The second-order valence-corrected chi connectivity index (χ2v) is 1.66. The van der Waals surface area contributed by atoms with Crippen LogP contribution in [0.1, 0.15) is 0 Å². The highest BCUT2D eigenvalue weighted by molar-refractivity contribution is 14.0. The Morgan fingerprint density at radius 2 is 2.10 bits per heavy atom. The molecule has 0 saturated heterocycles. The second kappa shape index (κ2) is 4.49. The Bertz CT molecular complexity index is 203. The zero-order chi connectivity index (χ0) is 6.69. The van der Waals surface area contributed by atoms with Gasteiger partial charge in [0, 0.05) is 6.07 Å². The van der Waals surface area contributed by atoms with Gasteiger partial charge >= 0.3 is 0 Å². The molecule has 0 saturated carbocycles. The summed E-state index contributed by atoms with van der Waals surface area (Å²) in [5, 5.41) is 0. The molecular formula is C7H8FIO. The van der Waals surface area contributed by atoms with Crippen molar-refractivity contribution in [3.05, 3.63) is 30.1 Å².